The Hall–Kier alpha value is -4.91. The molecule has 0 saturated carbocycles. The minimum Gasteiger partial charge on any atom is -0.378 e. The molecular formula is C25H25N10O3+. The van der Waals surface area contributed by atoms with Crippen LogP contribution in [-0.4, -0.2) is 80.3 Å². The van der Waals surface area contributed by atoms with Crippen LogP contribution in [0.3, 0.4) is 0 Å². The number of carbonyl (C=O) groups excluding carboxylic acids is 2. The van der Waals surface area contributed by atoms with Gasteiger partial charge in [0.2, 0.25) is 0 Å². The Balaban J connectivity index is 1.37. The van der Waals surface area contributed by atoms with Gasteiger partial charge in [0.15, 0.2) is 5.82 Å². The van der Waals surface area contributed by atoms with Gasteiger partial charge in [0, 0.05) is 43.7 Å². The Bertz CT molecular complexity index is 1690. The van der Waals surface area contributed by atoms with Crippen LogP contribution in [0.2, 0.25) is 0 Å². The quantitative estimate of drug-likeness (QED) is 0.266. The zero-order valence-electron chi connectivity index (χ0n) is 20.8. The van der Waals surface area contributed by atoms with Gasteiger partial charge in [-0.25, -0.2) is 14.3 Å². The van der Waals surface area contributed by atoms with E-state index in [0.29, 0.717) is 60.1 Å². The van der Waals surface area contributed by atoms with Gasteiger partial charge in [-0.1, -0.05) is 0 Å². The third-order valence-electron chi connectivity index (χ3n) is 6.47. The van der Waals surface area contributed by atoms with E-state index in [-0.39, 0.29) is 11.9 Å². The summed E-state index contributed by atoms with van der Waals surface area (Å²) in [6.07, 6.45) is 8.44. The summed E-state index contributed by atoms with van der Waals surface area (Å²) in [5.41, 5.74) is 5.22. The normalized spacial score (nSPS) is 13.7. The minimum absolute atomic E-state index is 0.180. The van der Waals surface area contributed by atoms with Gasteiger partial charge in [0.05, 0.1) is 60.7 Å². The van der Waals surface area contributed by atoms with Crippen LogP contribution in [0.25, 0.3) is 44.7 Å². The van der Waals surface area contributed by atoms with Crippen LogP contribution in [-0.2, 0) is 11.8 Å². The number of hydrogen-bond acceptors (Lipinski definition) is 7. The second kappa shape index (κ2) is 9.52. The van der Waals surface area contributed by atoms with E-state index in [4.69, 9.17) is 4.74 Å². The molecule has 4 N–H and O–H groups in total. The number of aromatic nitrogens is 7. The highest BCUT2D eigenvalue weighted by Gasteiger charge is 2.23. The molecule has 5 aromatic rings. The van der Waals surface area contributed by atoms with Crippen molar-refractivity contribution in [1.29, 1.82) is 0 Å². The van der Waals surface area contributed by atoms with Crippen molar-refractivity contribution < 1.29 is 18.9 Å². The topological polar surface area (TPSA) is 158 Å². The number of nitrogens with zero attached hydrogens (tertiary/aromatic N) is 6. The third kappa shape index (κ3) is 4.18. The Morgan fingerprint density at radius 2 is 1.89 bits per heavy atom. The predicted octanol–water partition coefficient (Wildman–Crippen LogP) is 1.61. The number of aryl methyl sites for hydroxylation is 1. The average molecular weight is 514 g/mol. The second-order valence-corrected chi connectivity index (χ2v) is 8.92. The van der Waals surface area contributed by atoms with E-state index in [1.807, 2.05) is 29.9 Å². The molecule has 38 heavy (non-hydrogen) atoms. The van der Waals surface area contributed by atoms with Crippen LogP contribution in [0.1, 0.15) is 10.4 Å². The maximum atomic E-state index is 12.6. The number of ether oxygens (including phenoxy) is 1. The van der Waals surface area contributed by atoms with E-state index in [9.17, 15) is 9.59 Å². The number of H-pyrrole nitrogens is 2. The summed E-state index contributed by atoms with van der Waals surface area (Å²) in [6, 6.07) is 3.69. The molecule has 1 fully saturated rings. The van der Waals surface area contributed by atoms with Crippen LogP contribution in [0.5, 0.6) is 0 Å². The predicted molar refractivity (Wildman–Crippen MR) is 138 cm³/mol. The molecule has 6 rings (SSSR count). The number of imidazole rings is 1. The maximum Gasteiger partial charge on any atom is 0.357 e. The van der Waals surface area contributed by atoms with Crippen LogP contribution in [0.4, 0.5) is 10.5 Å². The number of nitrogens with one attached hydrogen (secondary N) is 4. The Kier molecular flexibility index (Phi) is 5.88. The molecule has 1 aliphatic rings. The molecule has 0 aliphatic carbocycles. The molecule has 6 heterocycles. The number of pyridine rings is 3. The minimum atomic E-state index is -0.266. The molecule has 0 radical (unpaired) electrons. The van der Waals surface area contributed by atoms with Crippen molar-refractivity contribution in [2.24, 2.45) is 7.05 Å². The lowest BCUT2D eigenvalue weighted by Gasteiger charge is -2.26. The monoisotopic (exact) mass is 513 g/mol. The average Bonchev–Trinajstić information content (AvgIpc) is 3.57. The fourth-order valence-electron chi connectivity index (χ4n) is 4.53. The van der Waals surface area contributed by atoms with Crippen LogP contribution < -0.4 is 15.2 Å². The first-order valence-corrected chi connectivity index (χ1v) is 12.0. The van der Waals surface area contributed by atoms with E-state index in [1.165, 1.54) is 6.20 Å². The number of anilines is 1. The highest BCUT2D eigenvalue weighted by molar-refractivity contribution is 6.05. The Morgan fingerprint density at radius 1 is 1.08 bits per heavy atom. The molecule has 192 valence electrons. The third-order valence-corrected chi connectivity index (χ3v) is 6.47. The molecule has 0 spiro atoms. The number of urea groups is 1. The summed E-state index contributed by atoms with van der Waals surface area (Å²) >= 11 is 0. The molecule has 5 aromatic heterocycles. The van der Waals surface area contributed by atoms with Gasteiger partial charge in [0.1, 0.15) is 16.6 Å². The van der Waals surface area contributed by atoms with Gasteiger partial charge in [0.25, 0.3) is 5.91 Å². The highest BCUT2D eigenvalue weighted by Crippen LogP contribution is 2.29. The van der Waals surface area contributed by atoms with Crippen LogP contribution >= 0.6 is 0 Å². The number of amides is 3. The zero-order chi connectivity index (χ0) is 26.2. The fourth-order valence-corrected chi connectivity index (χ4v) is 4.53. The van der Waals surface area contributed by atoms with Gasteiger partial charge < -0.3 is 25.3 Å². The van der Waals surface area contributed by atoms with Gasteiger partial charge in [-0.15, -0.1) is 0 Å². The molecule has 0 unspecified atom stereocenters. The lowest BCUT2D eigenvalue weighted by molar-refractivity contribution is -0.646. The molecule has 13 nitrogen and oxygen atoms in total. The molecule has 1 aliphatic heterocycles. The van der Waals surface area contributed by atoms with Crippen molar-refractivity contribution >= 4 is 39.7 Å². The Morgan fingerprint density at radius 3 is 2.71 bits per heavy atom. The molecular weight excluding hydrogens is 488 g/mol. The van der Waals surface area contributed by atoms with E-state index in [0.717, 1.165) is 22.2 Å². The Labute approximate surface area is 216 Å². The molecule has 1 saturated heterocycles. The molecule has 3 amide bonds. The first kappa shape index (κ1) is 23.5. The van der Waals surface area contributed by atoms with Crippen molar-refractivity contribution in [3.8, 4) is 22.6 Å². The number of rotatable bonds is 4. The number of fused-ring (bicyclic) bond motifs is 2. The zero-order valence-corrected chi connectivity index (χ0v) is 20.8. The van der Waals surface area contributed by atoms with Gasteiger partial charge >= 0.3 is 11.7 Å². The lowest BCUT2D eigenvalue weighted by Crippen LogP contribution is -2.43. The van der Waals surface area contributed by atoms with Crippen molar-refractivity contribution in [3.63, 3.8) is 0 Å². The fraction of sp³-hybridized carbons (Fsp3) is 0.240. The molecule has 0 bridgehead atoms. The summed E-state index contributed by atoms with van der Waals surface area (Å²) in [6.45, 7) is 2.17. The van der Waals surface area contributed by atoms with Gasteiger partial charge in [-0.3, -0.25) is 14.8 Å². The van der Waals surface area contributed by atoms with Crippen LogP contribution in [0, 0.1) is 0 Å². The summed E-state index contributed by atoms with van der Waals surface area (Å²) in [4.78, 5) is 43.1. The van der Waals surface area contributed by atoms with Crippen molar-refractivity contribution in [2.45, 2.75) is 0 Å². The summed E-state index contributed by atoms with van der Waals surface area (Å²) in [7, 11) is 3.47. The maximum absolute atomic E-state index is 12.6. The standard InChI is InChI=1S/C25H24N10O3/c1-26-24(36)18-11-28-12-19-20(18)31-22(30-19)21-17-8-15(13-34(2)23(17)33-32-21)14-7-16(10-27-9-14)29-25(37)35-3-5-38-6-4-35/h7-13H,3-6H2,1-2H3,(H3,26,28,29,30,31,32,36,37)/p+1. The van der Waals surface area contributed by atoms with Crippen molar-refractivity contribution in [2.75, 3.05) is 38.7 Å². The van der Waals surface area contributed by atoms with Gasteiger partial charge in [-0.05, 0) is 12.1 Å². The number of carbonyl (C=O) groups is 2. The first-order chi connectivity index (χ1) is 18.5. The SMILES string of the molecule is CNC(=O)c1cncc2[nH]c(-c3[nH]nc4c3cc(-c3cncc(NC(=O)N5CCOCC5)c3)c[n+]4C)nc12. The smallest absolute Gasteiger partial charge is 0.357 e. The van der Waals surface area contributed by atoms with E-state index in [1.54, 1.807) is 30.5 Å². The number of aromatic amines is 2. The summed E-state index contributed by atoms with van der Waals surface area (Å²) < 4.78 is 7.23. The first-order valence-electron chi connectivity index (χ1n) is 12.0. The summed E-state index contributed by atoms with van der Waals surface area (Å²) in [5.74, 6) is 0.264. The van der Waals surface area contributed by atoms with E-state index in [2.05, 4.69) is 40.8 Å². The number of hydrogen-bond donors (Lipinski definition) is 4. The lowest BCUT2D eigenvalue weighted by atomic mass is 10.1. The van der Waals surface area contributed by atoms with Crippen LogP contribution in [0.15, 0.2) is 43.1 Å². The van der Waals surface area contributed by atoms with Crippen molar-refractivity contribution in [1.82, 2.24) is 40.3 Å². The molecule has 13 heteroatoms. The highest BCUT2D eigenvalue weighted by atomic mass is 16.5. The largest absolute Gasteiger partial charge is 0.378 e. The number of morpholine rings is 1. The van der Waals surface area contributed by atoms with Gasteiger partial charge in [-0.2, -0.15) is 5.10 Å². The molecule has 0 atom stereocenters. The second-order valence-electron chi connectivity index (χ2n) is 8.92. The van der Waals surface area contributed by atoms with Crippen molar-refractivity contribution in [3.05, 3.63) is 48.7 Å². The van der Waals surface area contributed by atoms with E-state index >= 15 is 0 Å². The summed E-state index contributed by atoms with van der Waals surface area (Å²) in [5, 5.41) is 13.9. The van der Waals surface area contributed by atoms with E-state index < -0.39 is 0 Å². The molecule has 0 aromatic carbocycles.